The number of carbonyl (C=O) groups excluding carboxylic acids is 2. The van der Waals surface area contributed by atoms with Crippen LogP contribution in [0.4, 0.5) is 13.2 Å². The number of esters is 1. The predicted molar refractivity (Wildman–Crippen MR) is 73.7 cm³/mol. The highest BCUT2D eigenvalue weighted by molar-refractivity contribution is 5.92. The first-order chi connectivity index (χ1) is 10.9. The molecule has 1 aliphatic rings. The van der Waals surface area contributed by atoms with Crippen LogP contribution in [0.1, 0.15) is 28.8 Å². The van der Waals surface area contributed by atoms with Crippen molar-refractivity contribution in [2.45, 2.75) is 25.1 Å². The number of halogens is 3. The van der Waals surface area contributed by atoms with Gasteiger partial charge in [-0.1, -0.05) is 12.1 Å². The minimum absolute atomic E-state index is 0.0689. The molecule has 1 atom stereocenters. The average Bonchev–Trinajstić information content (AvgIpc) is 3.03. The van der Waals surface area contributed by atoms with E-state index in [1.165, 1.54) is 12.1 Å². The maximum Gasteiger partial charge on any atom is 0.417 e. The molecule has 1 N–H and O–H groups in total. The highest BCUT2D eigenvalue weighted by atomic mass is 19.4. The second-order valence-electron chi connectivity index (χ2n) is 5.06. The molecule has 1 heterocycles. The Labute approximate surface area is 130 Å². The fourth-order valence-corrected chi connectivity index (χ4v) is 2.20. The van der Waals surface area contributed by atoms with Crippen molar-refractivity contribution in [3.8, 4) is 0 Å². The zero-order valence-electron chi connectivity index (χ0n) is 12.2. The Balaban J connectivity index is 1.86. The van der Waals surface area contributed by atoms with E-state index in [2.05, 4.69) is 10.1 Å². The summed E-state index contributed by atoms with van der Waals surface area (Å²) >= 11 is 0. The van der Waals surface area contributed by atoms with Crippen molar-refractivity contribution in [2.75, 3.05) is 19.8 Å². The van der Waals surface area contributed by atoms with Crippen molar-refractivity contribution in [1.29, 1.82) is 0 Å². The number of hydrogen-bond acceptors (Lipinski definition) is 4. The molecule has 0 radical (unpaired) electrons. The summed E-state index contributed by atoms with van der Waals surface area (Å²) in [6, 6.07) is 4.26. The van der Waals surface area contributed by atoms with Crippen molar-refractivity contribution in [3.05, 3.63) is 35.4 Å². The van der Waals surface area contributed by atoms with E-state index in [1.807, 2.05) is 0 Å². The number of hydrogen-bond donors (Lipinski definition) is 1. The van der Waals surface area contributed by atoms with E-state index in [4.69, 9.17) is 4.74 Å². The quantitative estimate of drug-likeness (QED) is 0.840. The second-order valence-corrected chi connectivity index (χ2v) is 5.06. The first kappa shape index (κ1) is 17.3. The highest BCUT2D eigenvalue weighted by Crippen LogP contribution is 2.32. The molecule has 1 aromatic rings. The predicted octanol–water partition coefficient (Wildman–Crippen LogP) is 2.16. The minimum atomic E-state index is -4.67. The lowest BCUT2D eigenvalue weighted by Gasteiger charge is -2.13. The Kier molecular flexibility index (Phi) is 5.59. The second kappa shape index (κ2) is 7.45. The van der Waals surface area contributed by atoms with Gasteiger partial charge in [-0.2, -0.15) is 13.2 Å². The zero-order chi connectivity index (χ0) is 16.9. The number of ether oxygens (including phenoxy) is 2. The molecule has 0 aliphatic carbocycles. The fraction of sp³-hybridized carbons (Fsp3) is 0.467. The summed E-state index contributed by atoms with van der Waals surface area (Å²) in [5.41, 5.74) is -1.71. The number of carbonyl (C=O) groups is 2. The molecule has 0 saturated carbocycles. The maximum atomic E-state index is 12.8. The van der Waals surface area contributed by atoms with Crippen LogP contribution in [-0.4, -0.2) is 37.7 Å². The molecule has 1 saturated heterocycles. The summed E-state index contributed by atoms with van der Waals surface area (Å²) < 4.78 is 48.4. The number of rotatable bonds is 5. The van der Waals surface area contributed by atoms with Gasteiger partial charge in [-0.05, 0) is 25.0 Å². The summed E-state index contributed by atoms with van der Waals surface area (Å²) in [5, 5.41) is 2.51. The van der Waals surface area contributed by atoms with E-state index >= 15 is 0 Å². The number of amides is 1. The van der Waals surface area contributed by atoms with Crippen molar-refractivity contribution in [3.63, 3.8) is 0 Å². The largest absolute Gasteiger partial charge is 0.452 e. The van der Waals surface area contributed by atoms with Crippen LogP contribution in [0.25, 0.3) is 0 Å². The van der Waals surface area contributed by atoms with Gasteiger partial charge in [-0.3, -0.25) is 4.79 Å². The Hall–Kier alpha value is -2.09. The molecule has 0 bridgehead atoms. The summed E-state index contributed by atoms with van der Waals surface area (Å²) in [6.07, 6.45) is -2.99. The van der Waals surface area contributed by atoms with E-state index in [0.717, 1.165) is 25.0 Å². The average molecular weight is 331 g/mol. The van der Waals surface area contributed by atoms with Crippen molar-refractivity contribution in [2.24, 2.45) is 0 Å². The summed E-state index contributed by atoms with van der Waals surface area (Å²) in [6.45, 7) is 0.289. The monoisotopic (exact) mass is 331 g/mol. The fourth-order valence-electron chi connectivity index (χ4n) is 2.20. The molecule has 1 fully saturated rings. The first-order valence-electron chi connectivity index (χ1n) is 7.09. The molecular formula is C15H16F3NO4. The molecule has 0 unspecified atom stereocenters. The van der Waals surface area contributed by atoms with E-state index < -0.39 is 35.8 Å². The number of nitrogens with one attached hydrogen (secondary N) is 1. The molecule has 8 heteroatoms. The lowest BCUT2D eigenvalue weighted by atomic mass is 10.1. The van der Waals surface area contributed by atoms with Gasteiger partial charge in [-0.25, -0.2) is 4.79 Å². The van der Waals surface area contributed by atoms with Crippen molar-refractivity contribution in [1.82, 2.24) is 5.32 Å². The molecule has 126 valence electrons. The zero-order valence-corrected chi connectivity index (χ0v) is 12.2. The lowest BCUT2D eigenvalue weighted by molar-refractivity contribution is -0.138. The normalized spacial score (nSPS) is 17.8. The van der Waals surface area contributed by atoms with Gasteiger partial charge in [0.1, 0.15) is 0 Å². The van der Waals surface area contributed by atoms with Gasteiger partial charge in [-0.15, -0.1) is 0 Å². The maximum absolute atomic E-state index is 12.8. The SMILES string of the molecule is O=C(COC(=O)c1ccccc1C(F)(F)F)NC[C@@H]1CCCO1. The molecule has 1 aliphatic heterocycles. The molecular weight excluding hydrogens is 315 g/mol. The Bertz CT molecular complexity index is 568. The molecule has 0 spiro atoms. The third kappa shape index (κ3) is 4.95. The van der Waals surface area contributed by atoms with Crippen LogP contribution >= 0.6 is 0 Å². The third-order valence-corrected chi connectivity index (χ3v) is 3.34. The topological polar surface area (TPSA) is 64.6 Å². The van der Waals surface area contributed by atoms with Gasteiger partial charge in [0.05, 0.1) is 17.2 Å². The summed E-state index contributed by atoms with van der Waals surface area (Å²) in [7, 11) is 0. The van der Waals surface area contributed by atoms with Crippen LogP contribution in [0.2, 0.25) is 0 Å². The van der Waals surface area contributed by atoms with E-state index in [9.17, 15) is 22.8 Å². The van der Waals surface area contributed by atoms with Crippen molar-refractivity contribution < 1.29 is 32.2 Å². The van der Waals surface area contributed by atoms with Crippen LogP contribution in [0.15, 0.2) is 24.3 Å². The van der Waals surface area contributed by atoms with Crippen LogP contribution in [-0.2, 0) is 20.4 Å². The van der Waals surface area contributed by atoms with Gasteiger partial charge in [0, 0.05) is 13.2 Å². The van der Waals surface area contributed by atoms with Gasteiger partial charge in [0.2, 0.25) is 0 Å². The van der Waals surface area contributed by atoms with Gasteiger partial charge < -0.3 is 14.8 Å². The van der Waals surface area contributed by atoms with Crippen LogP contribution < -0.4 is 5.32 Å². The third-order valence-electron chi connectivity index (χ3n) is 3.34. The number of alkyl halides is 3. The smallest absolute Gasteiger partial charge is 0.417 e. The van der Waals surface area contributed by atoms with Gasteiger partial charge in [0.15, 0.2) is 6.61 Å². The molecule has 23 heavy (non-hydrogen) atoms. The van der Waals surface area contributed by atoms with E-state index in [0.29, 0.717) is 6.61 Å². The van der Waals surface area contributed by atoms with Crippen LogP contribution in [0, 0.1) is 0 Å². The Morgan fingerprint density at radius 3 is 2.70 bits per heavy atom. The van der Waals surface area contributed by atoms with Gasteiger partial charge in [0.25, 0.3) is 5.91 Å². The Morgan fingerprint density at radius 1 is 1.30 bits per heavy atom. The summed E-state index contributed by atoms with van der Waals surface area (Å²) in [4.78, 5) is 23.3. The van der Waals surface area contributed by atoms with E-state index in [-0.39, 0.29) is 12.6 Å². The summed E-state index contributed by atoms with van der Waals surface area (Å²) in [5.74, 6) is -1.77. The van der Waals surface area contributed by atoms with E-state index in [1.54, 1.807) is 0 Å². The lowest BCUT2D eigenvalue weighted by Crippen LogP contribution is -2.35. The van der Waals surface area contributed by atoms with Crippen molar-refractivity contribution >= 4 is 11.9 Å². The molecule has 0 aromatic heterocycles. The van der Waals surface area contributed by atoms with Crippen LogP contribution in [0.3, 0.4) is 0 Å². The Morgan fingerprint density at radius 2 is 2.04 bits per heavy atom. The molecule has 5 nitrogen and oxygen atoms in total. The number of benzene rings is 1. The first-order valence-corrected chi connectivity index (χ1v) is 7.09. The highest BCUT2D eigenvalue weighted by Gasteiger charge is 2.35. The standard InChI is InChI=1S/C15H16F3NO4/c16-15(17,18)12-6-2-1-5-11(12)14(21)23-9-13(20)19-8-10-4-3-7-22-10/h1-2,5-6,10H,3-4,7-9H2,(H,19,20)/t10-/m0/s1. The molecule has 2 rings (SSSR count). The minimum Gasteiger partial charge on any atom is -0.452 e. The molecule has 1 aromatic carbocycles. The molecule has 1 amide bonds. The van der Waals surface area contributed by atoms with Crippen LogP contribution in [0.5, 0.6) is 0 Å². The van der Waals surface area contributed by atoms with Gasteiger partial charge >= 0.3 is 12.1 Å².